The smallest absolute Gasteiger partial charge is 0.341 e. The van der Waals surface area contributed by atoms with Gasteiger partial charge in [0.15, 0.2) is 0 Å². The maximum absolute atomic E-state index is 11.6. The third kappa shape index (κ3) is 7.48. The molecule has 0 unspecified atom stereocenters. The molecule has 0 atom stereocenters. The molecule has 1 aromatic carbocycles. The minimum Gasteiger partial charge on any atom is -0.493 e. The lowest BCUT2D eigenvalue weighted by Crippen LogP contribution is -2.06. The molecule has 124 valence electrons. The van der Waals surface area contributed by atoms with Gasteiger partial charge in [-0.2, -0.15) is 0 Å². The molecule has 0 heterocycles. The van der Waals surface area contributed by atoms with Crippen LogP contribution in [0.3, 0.4) is 0 Å². The van der Waals surface area contributed by atoms with Crippen LogP contribution in [0.4, 0.5) is 0 Å². The minimum absolute atomic E-state index is 0.345. The fourth-order valence-electron chi connectivity index (χ4n) is 2.47. The molecule has 1 rings (SSSR count). The number of esters is 1. The molecule has 0 aliphatic carbocycles. The van der Waals surface area contributed by atoms with Crippen molar-refractivity contribution >= 4 is 5.97 Å². The molecule has 0 radical (unpaired) electrons. The van der Waals surface area contributed by atoms with Crippen LogP contribution in [0.25, 0.3) is 0 Å². The molecule has 3 nitrogen and oxygen atoms in total. The Balaban J connectivity index is 2.11. The molecule has 1 aromatic rings. The van der Waals surface area contributed by atoms with E-state index in [1.54, 1.807) is 6.07 Å². The molecular weight excluding hydrogens is 276 g/mol. The number of benzene rings is 1. The van der Waals surface area contributed by atoms with Crippen molar-refractivity contribution in [3.63, 3.8) is 0 Å². The van der Waals surface area contributed by atoms with Crippen molar-refractivity contribution in [1.29, 1.82) is 0 Å². The van der Waals surface area contributed by atoms with E-state index in [4.69, 9.17) is 9.47 Å². The second-order valence-electron chi connectivity index (χ2n) is 5.66. The van der Waals surface area contributed by atoms with E-state index in [2.05, 4.69) is 6.92 Å². The molecule has 0 bridgehead atoms. The van der Waals surface area contributed by atoms with Crippen LogP contribution in [0.15, 0.2) is 24.3 Å². The van der Waals surface area contributed by atoms with Crippen LogP contribution < -0.4 is 4.74 Å². The number of carbonyl (C=O) groups is 1. The van der Waals surface area contributed by atoms with Gasteiger partial charge in [0, 0.05) is 0 Å². The van der Waals surface area contributed by atoms with Crippen LogP contribution in [0, 0.1) is 0 Å². The number of hydrogen-bond donors (Lipinski definition) is 0. The number of rotatable bonds is 12. The van der Waals surface area contributed by atoms with E-state index in [9.17, 15) is 4.79 Å². The summed E-state index contributed by atoms with van der Waals surface area (Å²) in [7, 11) is 1.39. The van der Waals surface area contributed by atoms with E-state index in [1.807, 2.05) is 18.2 Å². The number of para-hydroxylation sites is 1. The fourth-order valence-corrected chi connectivity index (χ4v) is 2.47. The molecule has 0 aliphatic heterocycles. The molecule has 0 saturated heterocycles. The second kappa shape index (κ2) is 12.1. The van der Waals surface area contributed by atoms with E-state index < -0.39 is 0 Å². The van der Waals surface area contributed by atoms with Gasteiger partial charge in [-0.15, -0.1) is 0 Å². The Morgan fingerprint density at radius 2 is 1.50 bits per heavy atom. The zero-order chi connectivity index (χ0) is 16.0. The maximum atomic E-state index is 11.6. The summed E-state index contributed by atoms with van der Waals surface area (Å²) in [4.78, 5) is 11.6. The van der Waals surface area contributed by atoms with Gasteiger partial charge in [-0.05, 0) is 18.6 Å². The predicted molar refractivity (Wildman–Crippen MR) is 90.5 cm³/mol. The maximum Gasteiger partial charge on any atom is 0.341 e. The topological polar surface area (TPSA) is 35.5 Å². The van der Waals surface area contributed by atoms with Gasteiger partial charge in [0.05, 0.1) is 13.7 Å². The standard InChI is InChI=1S/C19H30O3/c1-3-4-5-6-7-8-9-10-13-16-22-18-15-12-11-14-17(18)19(20)21-2/h11-12,14-15H,3-10,13,16H2,1-2H3. The van der Waals surface area contributed by atoms with Crippen molar-refractivity contribution in [1.82, 2.24) is 0 Å². The van der Waals surface area contributed by atoms with Crippen LogP contribution in [-0.2, 0) is 4.74 Å². The molecule has 0 spiro atoms. The van der Waals surface area contributed by atoms with Gasteiger partial charge in [-0.1, -0.05) is 70.4 Å². The molecular formula is C19H30O3. The quantitative estimate of drug-likeness (QED) is 0.384. The Morgan fingerprint density at radius 3 is 2.14 bits per heavy atom. The summed E-state index contributed by atoms with van der Waals surface area (Å²) in [5.41, 5.74) is 0.501. The summed E-state index contributed by atoms with van der Waals surface area (Å²) in [6.07, 6.45) is 11.6. The Kier molecular flexibility index (Phi) is 10.2. The summed E-state index contributed by atoms with van der Waals surface area (Å²) < 4.78 is 10.5. The lowest BCUT2D eigenvalue weighted by molar-refractivity contribution is 0.0596. The largest absolute Gasteiger partial charge is 0.493 e. The van der Waals surface area contributed by atoms with Gasteiger partial charge in [-0.3, -0.25) is 0 Å². The van der Waals surface area contributed by atoms with Gasteiger partial charge in [0.1, 0.15) is 11.3 Å². The van der Waals surface area contributed by atoms with E-state index >= 15 is 0 Å². The van der Waals surface area contributed by atoms with Crippen molar-refractivity contribution in [2.75, 3.05) is 13.7 Å². The number of unbranched alkanes of at least 4 members (excludes halogenated alkanes) is 8. The van der Waals surface area contributed by atoms with Crippen molar-refractivity contribution < 1.29 is 14.3 Å². The normalized spacial score (nSPS) is 10.5. The molecule has 3 heteroatoms. The highest BCUT2D eigenvalue weighted by atomic mass is 16.5. The third-order valence-corrected chi connectivity index (χ3v) is 3.80. The SMILES string of the molecule is CCCCCCCCCCCOc1ccccc1C(=O)OC. The zero-order valence-electron chi connectivity index (χ0n) is 14.1. The molecule has 0 saturated carbocycles. The van der Waals surface area contributed by atoms with Gasteiger partial charge >= 0.3 is 5.97 Å². The van der Waals surface area contributed by atoms with Gasteiger partial charge in [0.25, 0.3) is 0 Å². The van der Waals surface area contributed by atoms with Crippen LogP contribution in [0.5, 0.6) is 5.75 Å². The summed E-state index contributed by atoms with van der Waals surface area (Å²) in [6.45, 7) is 2.90. The Morgan fingerprint density at radius 1 is 0.909 bits per heavy atom. The highest BCUT2D eigenvalue weighted by Gasteiger charge is 2.11. The zero-order valence-corrected chi connectivity index (χ0v) is 14.1. The number of ether oxygens (including phenoxy) is 2. The van der Waals surface area contributed by atoms with Crippen LogP contribution in [0.1, 0.15) is 75.1 Å². The second-order valence-corrected chi connectivity index (χ2v) is 5.66. The van der Waals surface area contributed by atoms with E-state index in [-0.39, 0.29) is 5.97 Å². The van der Waals surface area contributed by atoms with Crippen LogP contribution >= 0.6 is 0 Å². The summed E-state index contributed by atoms with van der Waals surface area (Å²) in [5.74, 6) is 0.275. The number of hydrogen-bond acceptors (Lipinski definition) is 3. The molecule has 0 aromatic heterocycles. The van der Waals surface area contributed by atoms with Gasteiger partial charge in [-0.25, -0.2) is 4.79 Å². The average Bonchev–Trinajstić information content (AvgIpc) is 2.56. The molecule has 22 heavy (non-hydrogen) atoms. The van der Waals surface area contributed by atoms with E-state index in [0.717, 1.165) is 6.42 Å². The van der Waals surface area contributed by atoms with Crippen molar-refractivity contribution in [3.05, 3.63) is 29.8 Å². The number of methoxy groups -OCH3 is 1. The van der Waals surface area contributed by atoms with E-state index in [1.165, 1.54) is 58.5 Å². The molecule has 0 aliphatic rings. The first kappa shape index (κ1) is 18.5. The lowest BCUT2D eigenvalue weighted by atomic mass is 10.1. The van der Waals surface area contributed by atoms with Crippen molar-refractivity contribution in [3.8, 4) is 5.75 Å². The molecule has 0 N–H and O–H groups in total. The Hall–Kier alpha value is -1.51. The average molecular weight is 306 g/mol. The van der Waals surface area contributed by atoms with Gasteiger partial charge < -0.3 is 9.47 Å². The summed E-state index contributed by atoms with van der Waals surface area (Å²) in [5, 5.41) is 0. The first-order valence-electron chi connectivity index (χ1n) is 8.59. The summed E-state index contributed by atoms with van der Waals surface area (Å²) in [6, 6.07) is 7.24. The third-order valence-electron chi connectivity index (χ3n) is 3.80. The lowest BCUT2D eigenvalue weighted by Gasteiger charge is -2.10. The highest BCUT2D eigenvalue weighted by molar-refractivity contribution is 5.92. The Bertz CT molecular complexity index is 415. The fraction of sp³-hybridized carbons (Fsp3) is 0.632. The molecule has 0 amide bonds. The monoisotopic (exact) mass is 306 g/mol. The Labute approximate surface area is 135 Å². The summed E-state index contributed by atoms with van der Waals surface area (Å²) >= 11 is 0. The predicted octanol–water partition coefficient (Wildman–Crippen LogP) is 5.38. The molecule has 0 fully saturated rings. The van der Waals surface area contributed by atoms with Crippen molar-refractivity contribution in [2.24, 2.45) is 0 Å². The first-order valence-corrected chi connectivity index (χ1v) is 8.59. The first-order chi connectivity index (χ1) is 10.8. The van der Waals surface area contributed by atoms with Gasteiger partial charge in [0.2, 0.25) is 0 Å². The van der Waals surface area contributed by atoms with Crippen LogP contribution in [-0.4, -0.2) is 19.7 Å². The van der Waals surface area contributed by atoms with E-state index in [0.29, 0.717) is 17.9 Å². The van der Waals surface area contributed by atoms with Crippen LogP contribution in [0.2, 0.25) is 0 Å². The highest BCUT2D eigenvalue weighted by Crippen LogP contribution is 2.19. The van der Waals surface area contributed by atoms with Crippen molar-refractivity contribution in [2.45, 2.75) is 64.7 Å². The number of carbonyl (C=O) groups excluding carboxylic acids is 1. The minimum atomic E-state index is -0.345.